The maximum Gasteiger partial charge on any atom is 0.251 e. The van der Waals surface area contributed by atoms with Gasteiger partial charge in [0.2, 0.25) is 0 Å². The Balaban J connectivity index is 2.32. The molecule has 1 aromatic rings. The lowest BCUT2D eigenvalue weighted by molar-refractivity contribution is 0.0954. The number of aliphatic imine (C=N–C) groups is 1. The highest BCUT2D eigenvalue weighted by Crippen LogP contribution is 2.09. The highest BCUT2D eigenvalue weighted by molar-refractivity contribution is 5.94. The largest absolute Gasteiger partial charge is 0.508 e. The summed E-state index contributed by atoms with van der Waals surface area (Å²) in [6.07, 6.45) is 1.05. The molecule has 0 aliphatic heterocycles. The van der Waals surface area contributed by atoms with Crippen molar-refractivity contribution >= 4 is 11.9 Å². The average molecular weight is 320 g/mol. The van der Waals surface area contributed by atoms with Crippen molar-refractivity contribution in [3.63, 3.8) is 0 Å². The predicted octanol–water partition coefficient (Wildman–Crippen LogP) is 1.72. The minimum absolute atomic E-state index is 0.149. The Morgan fingerprint density at radius 2 is 1.78 bits per heavy atom. The second-order valence-electron chi connectivity index (χ2n) is 5.67. The van der Waals surface area contributed by atoms with Crippen molar-refractivity contribution in [3.05, 3.63) is 29.8 Å². The first-order valence-corrected chi connectivity index (χ1v) is 8.12. The van der Waals surface area contributed by atoms with Gasteiger partial charge in [-0.05, 0) is 43.5 Å². The van der Waals surface area contributed by atoms with Gasteiger partial charge in [0.15, 0.2) is 5.96 Å². The number of carbonyl (C=O) groups excluding carboxylic acids is 1. The van der Waals surface area contributed by atoms with Gasteiger partial charge >= 0.3 is 0 Å². The molecule has 1 aromatic carbocycles. The summed E-state index contributed by atoms with van der Waals surface area (Å²) in [6.45, 7) is 9.04. The van der Waals surface area contributed by atoms with Gasteiger partial charge in [0.25, 0.3) is 5.91 Å². The molecule has 6 heteroatoms. The monoisotopic (exact) mass is 320 g/mol. The molecule has 0 aliphatic carbocycles. The van der Waals surface area contributed by atoms with Gasteiger partial charge in [0.05, 0.1) is 0 Å². The Bertz CT molecular complexity index is 498. The molecule has 0 fully saturated rings. The van der Waals surface area contributed by atoms with Crippen molar-refractivity contribution in [2.75, 3.05) is 26.2 Å². The van der Waals surface area contributed by atoms with E-state index in [-0.39, 0.29) is 11.7 Å². The molecule has 0 aliphatic rings. The van der Waals surface area contributed by atoms with Gasteiger partial charge in [0.1, 0.15) is 5.75 Å². The Kier molecular flexibility index (Phi) is 8.57. The van der Waals surface area contributed by atoms with Gasteiger partial charge < -0.3 is 21.1 Å². The number of carbonyl (C=O) groups is 1. The molecule has 0 unspecified atom stereocenters. The third-order valence-electron chi connectivity index (χ3n) is 3.15. The quantitative estimate of drug-likeness (QED) is 0.334. The highest BCUT2D eigenvalue weighted by atomic mass is 16.3. The van der Waals surface area contributed by atoms with Crippen LogP contribution in [0.5, 0.6) is 5.75 Å². The van der Waals surface area contributed by atoms with E-state index in [1.807, 2.05) is 6.92 Å². The van der Waals surface area contributed by atoms with Gasteiger partial charge in [-0.25, -0.2) is 0 Å². The van der Waals surface area contributed by atoms with E-state index >= 15 is 0 Å². The second kappa shape index (κ2) is 10.5. The van der Waals surface area contributed by atoms with Crippen LogP contribution >= 0.6 is 0 Å². The fourth-order valence-corrected chi connectivity index (χ4v) is 1.85. The molecule has 0 atom stereocenters. The molecule has 0 saturated carbocycles. The molecule has 0 aromatic heterocycles. The van der Waals surface area contributed by atoms with Crippen LogP contribution in [-0.4, -0.2) is 43.2 Å². The second-order valence-corrected chi connectivity index (χ2v) is 5.67. The van der Waals surface area contributed by atoms with Crippen LogP contribution in [-0.2, 0) is 0 Å². The fourth-order valence-electron chi connectivity index (χ4n) is 1.85. The molecule has 23 heavy (non-hydrogen) atoms. The molecule has 1 rings (SSSR count). The Hall–Kier alpha value is -2.24. The molecule has 0 heterocycles. The zero-order chi connectivity index (χ0) is 17.1. The van der Waals surface area contributed by atoms with Crippen molar-refractivity contribution in [2.24, 2.45) is 10.9 Å². The van der Waals surface area contributed by atoms with Crippen molar-refractivity contribution in [3.8, 4) is 5.75 Å². The summed E-state index contributed by atoms with van der Waals surface area (Å²) in [5.74, 6) is 1.39. The number of nitrogens with one attached hydrogen (secondary N) is 3. The number of hydrogen-bond donors (Lipinski definition) is 4. The number of hydrogen-bond acceptors (Lipinski definition) is 3. The summed E-state index contributed by atoms with van der Waals surface area (Å²) in [6, 6.07) is 6.18. The molecule has 0 radical (unpaired) electrons. The first kappa shape index (κ1) is 18.8. The zero-order valence-corrected chi connectivity index (χ0v) is 14.2. The Morgan fingerprint density at radius 1 is 1.13 bits per heavy atom. The molecular formula is C17H28N4O2. The standard InChI is InChI=1S/C17H28N4O2/c1-4-18-17(20-10-9-13(2)3)21-12-11-19-16(23)14-5-7-15(22)8-6-14/h5-8,13,22H,4,9-12H2,1-3H3,(H,19,23)(H2,18,20,21). The Labute approximate surface area is 138 Å². The highest BCUT2D eigenvalue weighted by Gasteiger charge is 2.04. The molecule has 6 nitrogen and oxygen atoms in total. The van der Waals surface area contributed by atoms with Crippen LogP contribution in [0.15, 0.2) is 29.3 Å². The first-order valence-electron chi connectivity index (χ1n) is 8.12. The number of amides is 1. The van der Waals surface area contributed by atoms with Crippen LogP contribution in [0.2, 0.25) is 0 Å². The zero-order valence-electron chi connectivity index (χ0n) is 14.2. The minimum Gasteiger partial charge on any atom is -0.508 e. The van der Waals surface area contributed by atoms with Crippen LogP contribution in [0.1, 0.15) is 37.6 Å². The van der Waals surface area contributed by atoms with Gasteiger partial charge in [-0.3, -0.25) is 9.79 Å². The van der Waals surface area contributed by atoms with E-state index in [4.69, 9.17) is 0 Å². The molecule has 1 amide bonds. The van der Waals surface area contributed by atoms with Crippen LogP contribution in [0, 0.1) is 5.92 Å². The third-order valence-corrected chi connectivity index (χ3v) is 3.15. The molecule has 0 saturated heterocycles. The van der Waals surface area contributed by atoms with Crippen LogP contribution in [0.25, 0.3) is 0 Å². The van der Waals surface area contributed by atoms with E-state index in [0.717, 1.165) is 25.5 Å². The topological polar surface area (TPSA) is 85.8 Å². The van der Waals surface area contributed by atoms with Crippen molar-refractivity contribution in [2.45, 2.75) is 27.2 Å². The number of guanidine groups is 1. The summed E-state index contributed by atoms with van der Waals surface area (Å²) >= 11 is 0. The summed E-state index contributed by atoms with van der Waals surface area (Å²) in [5.41, 5.74) is 0.528. The summed E-state index contributed by atoms with van der Waals surface area (Å²) in [7, 11) is 0. The summed E-state index contributed by atoms with van der Waals surface area (Å²) in [4.78, 5) is 16.4. The van der Waals surface area contributed by atoms with Crippen LogP contribution in [0.3, 0.4) is 0 Å². The average Bonchev–Trinajstić information content (AvgIpc) is 2.51. The van der Waals surface area contributed by atoms with E-state index in [9.17, 15) is 9.90 Å². The van der Waals surface area contributed by atoms with Crippen LogP contribution in [0.4, 0.5) is 0 Å². The molecule has 0 spiro atoms. The van der Waals surface area contributed by atoms with Gasteiger partial charge in [-0.1, -0.05) is 13.8 Å². The lowest BCUT2D eigenvalue weighted by Gasteiger charge is -2.12. The Morgan fingerprint density at radius 3 is 2.39 bits per heavy atom. The lowest BCUT2D eigenvalue weighted by atomic mass is 10.1. The summed E-state index contributed by atoms with van der Waals surface area (Å²) in [5, 5.41) is 18.4. The van der Waals surface area contributed by atoms with E-state index in [0.29, 0.717) is 24.6 Å². The number of rotatable bonds is 8. The number of phenols is 1. The number of nitrogens with zero attached hydrogens (tertiary/aromatic N) is 1. The SMILES string of the molecule is CCNC(=NCCC(C)C)NCCNC(=O)c1ccc(O)cc1. The fraction of sp³-hybridized carbons (Fsp3) is 0.529. The van der Waals surface area contributed by atoms with Gasteiger partial charge in [-0.15, -0.1) is 0 Å². The maximum absolute atomic E-state index is 11.9. The smallest absolute Gasteiger partial charge is 0.251 e. The number of phenolic OH excluding ortho intramolecular Hbond substituents is 1. The molecule has 0 bridgehead atoms. The minimum atomic E-state index is -0.159. The van der Waals surface area contributed by atoms with E-state index in [1.54, 1.807) is 12.1 Å². The van der Waals surface area contributed by atoms with E-state index < -0.39 is 0 Å². The van der Waals surface area contributed by atoms with Gasteiger partial charge in [-0.2, -0.15) is 0 Å². The molecule has 4 N–H and O–H groups in total. The van der Waals surface area contributed by atoms with Crippen LogP contribution < -0.4 is 16.0 Å². The lowest BCUT2D eigenvalue weighted by Crippen LogP contribution is -2.41. The van der Waals surface area contributed by atoms with Crippen molar-refractivity contribution < 1.29 is 9.90 Å². The third kappa shape index (κ3) is 8.09. The number of aromatic hydroxyl groups is 1. The number of benzene rings is 1. The van der Waals surface area contributed by atoms with Gasteiger partial charge in [0, 0.05) is 31.7 Å². The maximum atomic E-state index is 11.9. The van der Waals surface area contributed by atoms with Crippen molar-refractivity contribution in [1.82, 2.24) is 16.0 Å². The first-order chi connectivity index (χ1) is 11.0. The van der Waals surface area contributed by atoms with E-state index in [2.05, 4.69) is 34.8 Å². The molecule has 128 valence electrons. The van der Waals surface area contributed by atoms with Crippen molar-refractivity contribution in [1.29, 1.82) is 0 Å². The predicted molar refractivity (Wildman–Crippen MR) is 93.9 cm³/mol. The van der Waals surface area contributed by atoms with E-state index in [1.165, 1.54) is 12.1 Å². The molecular weight excluding hydrogens is 292 g/mol. The normalized spacial score (nSPS) is 11.4. The summed E-state index contributed by atoms with van der Waals surface area (Å²) < 4.78 is 0.